The predicted octanol–water partition coefficient (Wildman–Crippen LogP) is 7.42. The fraction of sp³-hybridized carbons (Fsp3) is 0.286. The van der Waals surface area contributed by atoms with Crippen molar-refractivity contribution in [1.82, 2.24) is 18.6 Å². The molecule has 2 aliphatic heterocycles. The van der Waals surface area contributed by atoms with Crippen LogP contribution in [0.5, 0.6) is 5.75 Å². The molecule has 0 saturated carbocycles. The molecular formula is C42H44N8O9S4. The highest BCUT2D eigenvalue weighted by Crippen LogP contribution is 2.32. The average molecular weight is 933 g/mol. The monoisotopic (exact) mass is 932 g/mol. The maximum atomic E-state index is 12.9. The fourth-order valence-electron chi connectivity index (χ4n) is 6.90. The van der Waals surface area contributed by atoms with E-state index in [1.54, 1.807) is 11.3 Å². The van der Waals surface area contributed by atoms with E-state index < -0.39 is 29.9 Å². The van der Waals surface area contributed by atoms with E-state index in [9.17, 15) is 37.1 Å². The first-order valence-electron chi connectivity index (χ1n) is 20.0. The van der Waals surface area contributed by atoms with Gasteiger partial charge in [0.25, 0.3) is 11.4 Å². The highest BCUT2D eigenvalue weighted by atomic mass is 32.2. The van der Waals surface area contributed by atoms with Crippen LogP contribution < -0.4 is 14.5 Å². The van der Waals surface area contributed by atoms with E-state index in [0.717, 1.165) is 44.9 Å². The summed E-state index contributed by atoms with van der Waals surface area (Å²) in [6, 6.07) is 26.1. The Kier molecular flexibility index (Phi) is 14.1. The number of rotatable bonds is 13. The third-order valence-electron chi connectivity index (χ3n) is 10.5. The summed E-state index contributed by atoms with van der Waals surface area (Å²) in [6.45, 7) is 8.08. The standard InChI is InChI=1S/C21H22N4O5S2.C21H22N4O4S2/c1-2-30-18-7-3-16(4-8-18)20-15-31-21(22-20)23-11-13-24(14-12-23)32(28,29)19-9-5-17(6-10-19)25(26)27;1-2-16-3-5-17(6-4-16)20-15-30-21(22-20)23-11-13-24(14-12-23)31(28,29)19-9-7-18(8-10-19)25(26)27/h3-10,15H,2,11-14H2,1H3;3-10,15H,2,11-14H2,1H3. The molecule has 17 nitrogen and oxygen atoms in total. The van der Waals surface area contributed by atoms with Crippen LogP contribution in [0.15, 0.2) is 118 Å². The van der Waals surface area contributed by atoms with Crippen LogP contribution in [0.1, 0.15) is 19.4 Å². The molecule has 8 rings (SSSR count). The molecule has 0 aliphatic carbocycles. The number of non-ortho nitro benzene ring substituents is 2. The number of hydrogen-bond donors (Lipinski definition) is 0. The zero-order valence-corrected chi connectivity index (χ0v) is 37.6. The molecule has 0 spiro atoms. The van der Waals surface area contributed by atoms with Crippen molar-refractivity contribution in [2.24, 2.45) is 0 Å². The van der Waals surface area contributed by atoms with E-state index in [1.165, 1.54) is 74.0 Å². The van der Waals surface area contributed by atoms with Gasteiger partial charge < -0.3 is 14.5 Å². The van der Waals surface area contributed by atoms with Gasteiger partial charge in [-0.15, -0.1) is 22.7 Å². The Bertz CT molecular complexity index is 2730. The largest absolute Gasteiger partial charge is 0.494 e. The number of hydrogen-bond acceptors (Lipinski definition) is 15. The Morgan fingerprint density at radius 3 is 1.30 bits per heavy atom. The van der Waals surface area contributed by atoms with Crippen LogP contribution in [-0.2, 0) is 26.5 Å². The minimum atomic E-state index is -3.70. The van der Waals surface area contributed by atoms with E-state index in [2.05, 4.69) is 41.0 Å². The number of nitro benzene ring substituents is 2. The SMILES string of the molecule is CCOc1ccc(-c2csc(N3CCN(S(=O)(=O)c4ccc([N+](=O)[O-])cc4)CC3)n2)cc1.CCc1ccc(-c2csc(N3CCN(S(=O)(=O)c4ccc([N+](=O)[O-])cc4)CC3)n2)cc1. The van der Waals surface area contributed by atoms with Crippen molar-refractivity contribution in [3.63, 3.8) is 0 Å². The molecule has 6 aromatic rings. The molecule has 0 N–H and O–H groups in total. The van der Waals surface area contributed by atoms with Crippen molar-refractivity contribution >= 4 is 64.4 Å². The molecule has 21 heteroatoms. The zero-order valence-electron chi connectivity index (χ0n) is 34.3. The summed E-state index contributed by atoms with van der Waals surface area (Å²) in [4.78, 5) is 34.3. The van der Waals surface area contributed by atoms with Gasteiger partial charge in [0, 0.05) is 98.5 Å². The van der Waals surface area contributed by atoms with Gasteiger partial charge in [0.1, 0.15) is 5.75 Å². The number of nitro groups is 2. The lowest BCUT2D eigenvalue weighted by atomic mass is 10.1. The third kappa shape index (κ3) is 10.5. The number of anilines is 2. The van der Waals surface area contributed by atoms with E-state index in [1.807, 2.05) is 41.9 Å². The number of nitrogens with zero attached hydrogens (tertiary/aromatic N) is 8. The molecule has 0 amide bonds. The van der Waals surface area contributed by atoms with Gasteiger partial charge in [-0.2, -0.15) is 8.61 Å². The highest BCUT2D eigenvalue weighted by molar-refractivity contribution is 7.89. The summed E-state index contributed by atoms with van der Waals surface area (Å²) in [5.41, 5.74) is 4.87. The van der Waals surface area contributed by atoms with Gasteiger partial charge in [0.2, 0.25) is 20.0 Å². The van der Waals surface area contributed by atoms with Gasteiger partial charge in [-0.05, 0) is 67.4 Å². The van der Waals surface area contributed by atoms with Crippen LogP contribution in [0.2, 0.25) is 0 Å². The first kappa shape index (κ1) is 45.2. The highest BCUT2D eigenvalue weighted by Gasteiger charge is 2.31. The average Bonchev–Trinajstić information content (AvgIpc) is 4.02. The Hall–Kier alpha value is -5.84. The second-order valence-electron chi connectivity index (χ2n) is 14.3. The summed E-state index contributed by atoms with van der Waals surface area (Å²) in [7, 11) is -7.39. The molecule has 2 saturated heterocycles. The van der Waals surface area contributed by atoms with Gasteiger partial charge in [0.15, 0.2) is 10.3 Å². The smallest absolute Gasteiger partial charge is 0.269 e. The van der Waals surface area contributed by atoms with Gasteiger partial charge in [-0.3, -0.25) is 20.2 Å². The second kappa shape index (κ2) is 19.7. The maximum absolute atomic E-state index is 12.9. The quantitative estimate of drug-likeness (QED) is 0.0819. The topological polar surface area (TPSA) is 203 Å². The normalized spacial score (nSPS) is 15.1. The molecule has 4 aromatic carbocycles. The van der Waals surface area contributed by atoms with Crippen molar-refractivity contribution < 1.29 is 31.4 Å². The van der Waals surface area contributed by atoms with Gasteiger partial charge >= 0.3 is 0 Å². The van der Waals surface area contributed by atoms with Crippen LogP contribution >= 0.6 is 22.7 Å². The number of aryl methyl sites for hydroxylation is 1. The molecule has 2 fully saturated rings. The fourth-order valence-corrected chi connectivity index (χ4v) is 11.5. The summed E-state index contributed by atoms with van der Waals surface area (Å²) >= 11 is 3.08. The molecule has 0 unspecified atom stereocenters. The molecule has 330 valence electrons. The van der Waals surface area contributed by atoms with Gasteiger partial charge in [-0.1, -0.05) is 31.2 Å². The molecular weight excluding hydrogens is 889 g/mol. The van der Waals surface area contributed by atoms with Gasteiger partial charge in [0.05, 0.1) is 37.6 Å². The molecule has 63 heavy (non-hydrogen) atoms. The molecule has 0 radical (unpaired) electrons. The zero-order chi connectivity index (χ0) is 44.7. The minimum absolute atomic E-state index is 0.0589. The number of ether oxygens (including phenoxy) is 1. The summed E-state index contributed by atoms with van der Waals surface area (Å²) < 4.78 is 59.8. The minimum Gasteiger partial charge on any atom is -0.494 e. The summed E-state index contributed by atoms with van der Waals surface area (Å²) in [5.74, 6) is 0.817. The predicted molar refractivity (Wildman–Crippen MR) is 244 cm³/mol. The Labute approximate surface area is 373 Å². The first-order valence-corrected chi connectivity index (χ1v) is 24.6. The van der Waals surface area contributed by atoms with E-state index in [4.69, 9.17) is 14.7 Å². The number of aromatic nitrogens is 2. The first-order chi connectivity index (χ1) is 30.3. The van der Waals surface area contributed by atoms with E-state index in [0.29, 0.717) is 59.0 Å². The van der Waals surface area contributed by atoms with Crippen molar-refractivity contribution in [3.05, 3.63) is 134 Å². The number of benzene rings is 4. The van der Waals surface area contributed by atoms with Crippen LogP contribution in [0.4, 0.5) is 21.6 Å². The Morgan fingerprint density at radius 1 is 0.571 bits per heavy atom. The van der Waals surface area contributed by atoms with Crippen LogP contribution in [0, 0.1) is 20.2 Å². The van der Waals surface area contributed by atoms with Crippen LogP contribution in [0.25, 0.3) is 22.5 Å². The molecule has 2 aliphatic rings. The molecule has 0 bridgehead atoms. The van der Waals surface area contributed by atoms with E-state index in [-0.39, 0.29) is 21.2 Å². The Balaban J connectivity index is 0.000000189. The van der Waals surface area contributed by atoms with Crippen molar-refractivity contribution in [1.29, 1.82) is 0 Å². The molecule has 2 aromatic heterocycles. The summed E-state index contributed by atoms with van der Waals surface area (Å²) in [5, 5.41) is 27.3. The van der Waals surface area contributed by atoms with Crippen molar-refractivity contribution in [2.75, 3.05) is 68.8 Å². The summed E-state index contributed by atoms with van der Waals surface area (Å²) in [6.07, 6.45) is 0.996. The number of piperazine rings is 2. The second-order valence-corrected chi connectivity index (χ2v) is 19.9. The lowest BCUT2D eigenvalue weighted by Crippen LogP contribution is -2.48. The lowest BCUT2D eigenvalue weighted by Gasteiger charge is -2.33. The van der Waals surface area contributed by atoms with Crippen molar-refractivity contribution in [2.45, 2.75) is 30.1 Å². The van der Waals surface area contributed by atoms with Crippen LogP contribution in [0.3, 0.4) is 0 Å². The lowest BCUT2D eigenvalue weighted by molar-refractivity contribution is -0.385. The molecule has 0 atom stereocenters. The molecule has 4 heterocycles. The Morgan fingerprint density at radius 2 is 0.952 bits per heavy atom. The van der Waals surface area contributed by atoms with Crippen LogP contribution in [-0.4, -0.2) is 104 Å². The van der Waals surface area contributed by atoms with Gasteiger partial charge in [-0.25, -0.2) is 26.8 Å². The number of thiazole rings is 2. The number of sulfonamides is 2. The van der Waals surface area contributed by atoms with E-state index >= 15 is 0 Å². The third-order valence-corrected chi connectivity index (χ3v) is 16.1. The van der Waals surface area contributed by atoms with Crippen molar-refractivity contribution in [3.8, 4) is 28.3 Å². The maximum Gasteiger partial charge on any atom is 0.269 e.